The molecule has 1 aromatic heterocycles. The number of likely N-dealkylation sites (N-methyl/N-ethyl adjacent to an activating group) is 2. The van der Waals surface area contributed by atoms with Crippen molar-refractivity contribution in [2.45, 2.75) is 13.3 Å². The number of hydrogen-bond donors (Lipinski definition) is 1. The summed E-state index contributed by atoms with van der Waals surface area (Å²) in [6.07, 6.45) is 4.13. The highest BCUT2D eigenvalue weighted by molar-refractivity contribution is 5.80. The second kappa shape index (κ2) is 7.35. The van der Waals surface area contributed by atoms with Gasteiger partial charge in [0.15, 0.2) is 0 Å². The Hall–Kier alpha value is -2.11. The Kier molecular flexibility index (Phi) is 5.78. The molecule has 0 bridgehead atoms. The van der Waals surface area contributed by atoms with Crippen LogP contribution >= 0.6 is 0 Å². The van der Waals surface area contributed by atoms with E-state index in [0.29, 0.717) is 13.1 Å². The van der Waals surface area contributed by atoms with Crippen molar-refractivity contribution >= 4 is 12.0 Å². The average molecular weight is 265 g/mol. The second-order valence-electron chi connectivity index (χ2n) is 4.22. The smallest absolute Gasteiger partial charge is 0.323 e. The van der Waals surface area contributed by atoms with E-state index < -0.39 is 5.97 Å². The van der Waals surface area contributed by atoms with Gasteiger partial charge in [0.1, 0.15) is 6.54 Å². The minimum absolute atomic E-state index is 0.265. The summed E-state index contributed by atoms with van der Waals surface area (Å²) in [7, 11) is 1.67. The van der Waals surface area contributed by atoms with E-state index in [1.807, 2.05) is 12.1 Å². The van der Waals surface area contributed by atoms with Crippen LogP contribution in [-0.4, -0.2) is 58.6 Å². The monoisotopic (exact) mass is 265 g/mol. The predicted molar refractivity (Wildman–Crippen MR) is 70.8 cm³/mol. The molecule has 1 aromatic rings. The second-order valence-corrected chi connectivity index (χ2v) is 4.22. The van der Waals surface area contributed by atoms with Gasteiger partial charge in [-0.25, -0.2) is 4.79 Å². The fourth-order valence-electron chi connectivity index (χ4n) is 1.66. The molecule has 19 heavy (non-hydrogen) atoms. The van der Waals surface area contributed by atoms with E-state index in [1.165, 1.54) is 9.80 Å². The Morgan fingerprint density at radius 1 is 1.32 bits per heavy atom. The Morgan fingerprint density at radius 3 is 2.47 bits per heavy atom. The molecule has 2 amide bonds. The number of urea groups is 1. The summed E-state index contributed by atoms with van der Waals surface area (Å²) in [6.45, 7) is 2.41. The van der Waals surface area contributed by atoms with Crippen LogP contribution < -0.4 is 0 Å². The zero-order chi connectivity index (χ0) is 14.3. The largest absolute Gasteiger partial charge is 0.480 e. The molecule has 6 heteroatoms. The van der Waals surface area contributed by atoms with Crippen molar-refractivity contribution in [3.63, 3.8) is 0 Å². The first-order valence-corrected chi connectivity index (χ1v) is 6.15. The minimum atomic E-state index is -1.00. The molecule has 0 spiro atoms. The number of carbonyl (C=O) groups is 2. The molecule has 1 N–H and O–H groups in total. The Balaban J connectivity index is 2.49. The number of aromatic nitrogens is 1. The molecule has 0 saturated carbocycles. The van der Waals surface area contributed by atoms with E-state index in [1.54, 1.807) is 26.4 Å². The normalized spacial score (nSPS) is 10.0. The van der Waals surface area contributed by atoms with Gasteiger partial charge >= 0.3 is 12.0 Å². The first-order chi connectivity index (χ1) is 9.04. The number of carboxylic acid groups (broad SMARTS) is 1. The first-order valence-electron chi connectivity index (χ1n) is 6.15. The molecule has 0 aliphatic rings. The summed E-state index contributed by atoms with van der Waals surface area (Å²) in [5.74, 6) is -1.00. The van der Waals surface area contributed by atoms with Crippen LogP contribution in [0, 0.1) is 0 Å². The van der Waals surface area contributed by atoms with E-state index in [2.05, 4.69) is 4.98 Å². The third-order valence-electron chi connectivity index (χ3n) is 2.79. The number of amides is 2. The average Bonchev–Trinajstić information content (AvgIpc) is 2.42. The van der Waals surface area contributed by atoms with Crippen LogP contribution in [-0.2, 0) is 11.2 Å². The standard InChI is InChI=1S/C13H19N3O3/c1-3-16(10-12(17)18)13(19)15(2)9-6-11-4-7-14-8-5-11/h4-5,7-8H,3,6,9-10H2,1-2H3,(H,17,18). The fourth-order valence-corrected chi connectivity index (χ4v) is 1.66. The van der Waals surface area contributed by atoms with Gasteiger partial charge in [-0.05, 0) is 31.0 Å². The molecule has 0 saturated heterocycles. The highest BCUT2D eigenvalue weighted by atomic mass is 16.4. The topological polar surface area (TPSA) is 73.7 Å². The van der Waals surface area contributed by atoms with Crippen LogP contribution in [0.15, 0.2) is 24.5 Å². The number of hydrogen-bond acceptors (Lipinski definition) is 3. The number of aliphatic carboxylic acids is 1. The van der Waals surface area contributed by atoms with Crippen LogP contribution in [0.25, 0.3) is 0 Å². The Labute approximate surface area is 112 Å². The van der Waals surface area contributed by atoms with Gasteiger partial charge in [0.25, 0.3) is 0 Å². The van der Waals surface area contributed by atoms with Crippen LogP contribution in [0.1, 0.15) is 12.5 Å². The summed E-state index contributed by atoms with van der Waals surface area (Å²) in [6, 6.07) is 3.53. The zero-order valence-electron chi connectivity index (χ0n) is 11.2. The molecule has 1 heterocycles. The number of carbonyl (C=O) groups excluding carboxylic acids is 1. The third-order valence-corrected chi connectivity index (χ3v) is 2.79. The van der Waals surface area contributed by atoms with Crippen molar-refractivity contribution in [1.82, 2.24) is 14.8 Å². The van der Waals surface area contributed by atoms with Crippen molar-refractivity contribution in [3.05, 3.63) is 30.1 Å². The van der Waals surface area contributed by atoms with Gasteiger partial charge < -0.3 is 14.9 Å². The van der Waals surface area contributed by atoms with Crippen molar-refractivity contribution in [2.75, 3.05) is 26.7 Å². The van der Waals surface area contributed by atoms with Crippen LogP contribution in [0.5, 0.6) is 0 Å². The summed E-state index contributed by atoms with van der Waals surface area (Å²) < 4.78 is 0. The number of rotatable bonds is 6. The van der Waals surface area contributed by atoms with Crippen molar-refractivity contribution in [3.8, 4) is 0 Å². The van der Waals surface area contributed by atoms with Gasteiger partial charge in [0.2, 0.25) is 0 Å². The lowest BCUT2D eigenvalue weighted by atomic mass is 10.2. The highest BCUT2D eigenvalue weighted by Gasteiger charge is 2.18. The summed E-state index contributed by atoms with van der Waals surface area (Å²) in [5.41, 5.74) is 1.09. The first kappa shape index (κ1) is 14.9. The summed E-state index contributed by atoms with van der Waals surface area (Å²) in [4.78, 5) is 29.4. The molecule has 0 atom stereocenters. The molecular weight excluding hydrogens is 246 g/mol. The molecule has 0 aliphatic heterocycles. The van der Waals surface area contributed by atoms with Gasteiger partial charge in [-0.1, -0.05) is 0 Å². The van der Waals surface area contributed by atoms with Gasteiger partial charge in [0.05, 0.1) is 0 Å². The molecule has 1 rings (SSSR count). The van der Waals surface area contributed by atoms with Gasteiger partial charge in [-0.2, -0.15) is 0 Å². The van der Waals surface area contributed by atoms with E-state index in [0.717, 1.165) is 12.0 Å². The summed E-state index contributed by atoms with van der Waals surface area (Å²) >= 11 is 0. The molecule has 6 nitrogen and oxygen atoms in total. The Bertz CT molecular complexity index is 422. The van der Waals surface area contributed by atoms with E-state index >= 15 is 0 Å². The van der Waals surface area contributed by atoms with Gasteiger partial charge in [0, 0.05) is 32.5 Å². The lowest BCUT2D eigenvalue weighted by molar-refractivity contribution is -0.137. The van der Waals surface area contributed by atoms with Crippen molar-refractivity contribution in [2.24, 2.45) is 0 Å². The third kappa shape index (κ3) is 4.95. The Morgan fingerprint density at radius 2 is 1.95 bits per heavy atom. The van der Waals surface area contributed by atoms with Crippen molar-refractivity contribution < 1.29 is 14.7 Å². The molecule has 0 aromatic carbocycles. The predicted octanol–water partition coefficient (Wildman–Crippen LogP) is 1.08. The van der Waals surface area contributed by atoms with Crippen LogP contribution in [0.4, 0.5) is 4.79 Å². The molecule has 0 fully saturated rings. The van der Waals surface area contributed by atoms with Crippen molar-refractivity contribution in [1.29, 1.82) is 0 Å². The van der Waals surface area contributed by atoms with Gasteiger partial charge in [-0.15, -0.1) is 0 Å². The molecular formula is C13H19N3O3. The maximum atomic E-state index is 12.0. The van der Waals surface area contributed by atoms with Crippen LogP contribution in [0.2, 0.25) is 0 Å². The maximum absolute atomic E-state index is 12.0. The van der Waals surface area contributed by atoms with E-state index in [-0.39, 0.29) is 12.6 Å². The lowest BCUT2D eigenvalue weighted by Crippen LogP contribution is -2.44. The number of nitrogens with zero attached hydrogens (tertiary/aromatic N) is 3. The molecule has 0 radical (unpaired) electrons. The number of pyridine rings is 1. The zero-order valence-corrected chi connectivity index (χ0v) is 11.2. The summed E-state index contributed by atoms with van der Waals surface area (Å²) in [5, 5.41) is 8.73. The quantitative estimate of drug-likeness (QED) is 0.835. The molecule has 0 aliphatic carbocycles. The van der Waals surface area contributed by atoms with E-state index in [9.17, 15) is 9.59 Å². The molecule has 0 unspecified atom stereocenters. The molecule has 104 valence electrons. The van der Waals surface area contributed by atoms with Gasteiger partial charge in [-0.3, -0.25) is 9.78 Å². The van der Waals surface area contributed by atoms with Crippen LogP contribution in [0.3, 0.4) is 0 Å². The van der Waals surface area contributed by atoms with E-state index in [4.69, 9.17) is 5.11 Å². The fraction of sp³-hybridized carbons (Fsp3) is 0.462. The maximum Gasteiger partial charge on any atom is 0.323 e. The minimum Gasteiger partial charge on any atom is -0.480 e. The lowest BCUT2D eigenvalue weighted by Gasteiger charge is -2.25. The highest BCUT2D eigenvalue weighted by Crippen LogP contribution is 2.02. The number of carboxylic acids is 1. The SMILES string of the molecule is CCN(CC(=O)O)C(=O)N(C)CCc1ccncc1.